The maximum atomic E-state index is 13.5. The maximum Gasteiger partial charge on any atom is 0.269 e. The molecule has 1 aliphatic rings. The lowest BCUT2D eigenvalue weighted by molar-refractivity contribution is -0.126. The van der Waals surface area contributed by atoms with Crippen molar-refractivity contribution in [1.29, 1.82) is 0 Å². The van der Waals surface area contributed by atoms with Crippen molar-refractivity contribution in [3.8, 4) is 5.75 Å². The van der Waals surface area contributed by atoms with Gasteiger partial charge in [-0.25, -0.2) is 0 Å². The highest BCUT2D eigenvalue weighted by Gasteiger charge is 2.54. The molecule has 0 bridgehead atoms. The highest BCUT2D eigenvalue weighted by atomic mass is 16.5. The van der Waals surface area contributed by atoms with Crippen molar-refractivity contribution in [3.63, 3.8) is 0 Å². The quantitative estimate of drug-likeness (QED) is 0.601. The Morgan fingerprint density at radius 2 is 2.07 bits per heavy atom. The van der Waals surface area contributed by atoms with Crippen molar-refractivity contribution in [3.05, 3.63) is 59.7 Å². The van der Waals surface area contributed by atoms with Crippen LogP contribution in [0.4, 0.5) is 11.6 Å². The predicted octanol–water partition coefficient (Wildman–Crippen LogP) is 2.25. The molecule has 0 spiro atoms. The Balaban J connectivity index is 1.86. The van der Waals surface area contributed by atoms with Crippen LogP contribution < -0.4 is 15.4 Å². The summed E-state index contributed by atoms with van der Waals surface area (Å²) in [6, 6.07) is 15.0. The number of hydrogen-bond acceptors (Lipinski definition) is 7. The average Bonchev–Trinajstić information content (AvgIpc) is 3.35. The summed E-state index contributed by atoms with van der Waals surface area (Å²) >= 11 is 0. The van der Waals surface area contributed by atoms with Gasteiger partial charge in [0.1, 0.15) is 11.9 Å². The Bertz CT molecular complexity index is 963. The van der Waals surface area contributed by atoms with E-state index < -0.39 is 11.6 Å². The maximum absolute atomic E-state index is 13.5. The van der Waals surface area contributed by atoms with E-state index in [9.17, 15) is 4.79 Å². The largest absolute Gasteiger partial charge is 0.497 e. The highest BCUT2D eigenvalue weighted by Crippen LogP contribution is 2.50. The number of aromatic amines is 1. The van der Waals surface area contributed by atoms with E-state index in [0.29, 0.717) is 12.4 Å². The molecule has 0 aliphatic carbocycles. The van der Waals surface area contributed by atoms with Crippen LogP contribution >= 0.6 is 0 Å². The van der Waals surface area contributed by atoms with Gasteiger partial charge in [-0.05, 0) is 35.9 Å². The molecular weight excluding hydrogens is 360 g/mol. The van der Waals surface area contributed by atoms with E-state index in [2.05, 4.69) is 31.3 Å². The number of benzene rings is 2. The van der Waals surface area contributed by atoms with Crippen molar-refractivity contribution in [2.24, 2.45) is 0 Å². The normalized spacial score (nSPS) is 20.3. The summed E-state index contributed by atoms with van der Waals surface area (Å²) in [7, 11) is 1.60. The molecule has 0 saturated heterocycles. The van der Waals surface area contributed by atoms with Gasteiger partial charge in [0.2, 0.25) is 0 Å². The summed E-state index contributed by atoms with van der Waals surface area (Å²) in [5.41, 5.74) is 1.18. The molecule has 28 heavy (non-hydrogen) atoms. The molecule has 1 amide bonds. The van der Waals surface area contributed by atoms with Crippen LogP contribution in [0.1, 0.15) is 24.2 Å². The molecule has 2 atom stereocenters. The summed E-state index contributed by atoms with van der Waals surface area (Å²) in [4.78, 5) is 13.5. The van der Waals surface area contributed by atoms with Gasteiger partial charge in [0.25, 0.3) is 11.9 Å². The average molecular weight is 380 g/mol. The van der Waals surface area contributed by atoms with Gasteiger partial charge in [-0.2, -0.15) is 5.21 Å². The first kappa shape index (κ1) is 17.9. The molecule has 144 valence electrons. The van der Waals surface area contributed by atoms with Crippen molar-refractivity contribution >= 4 is 17.5 Å². The number of aromatic nitrogens is 4. The Morgan fingerprint density at radius 1 is 1.25 bits per heavy atom. The first-order valence-corrected chi connectivity index (χ1v) is 8.87. The highest BCUT2D eigenvalue weighted by molar-refractivity contribution is 6.02. The minimum absolute atomic E-state index is 0.0888. The molecule has 2 unspecified atom stereocenters. The van der Waals surface area contributed by atoms with Gasteiger partial charge < -0.3 is 14.8 Å². The lowest BCUT2D eigenvalue weighted by atomic mass is 9.83. The summed E-state index contributed by atoms with van der Waals surface area (Å²) < 4.78 is 11.5. The minimum Gasteiger partial charge on any atom is -0.497 e. The van der Waals surface area contributed by atoms with E-state index in [0.717, 1.165) is 16.8 Å². The predicted molar refractivity (Wildman–Crippen MR) is 102 cm³/mol. The van der Waals surface area contributed by atoms with E-state index in [1.807, 2.05) is 55.5 Å². The van der Waals surface area contributed by atoms with E-state index in [1.54, 1.807) is 7.11 Å². The van der Waals surface area contributed by atoms with Gasteiger partial charge in [-0.15, -0.1) is 5.10 Å². The van der Waals surface area contributed by atoms with E-state index in [-0.39, 0.29) is 11.9 Å². The van der Waals surface area contributed by atoms with Crippen molar-refractivity contribution < 1.29 is 14.3 Å². The number of tetrazole rings is 1. The number of fused-ring (bicyclic) bond motifs is 1. The molecule has 9 nitrogen and oxygen atoms in total. The Hall–Kier alpha value is -3.46. The number of nitrogens with zero attached hydrogens (tertiary/aromatic N) is 3. The van der Waals surface area contributed by atoms with E-state index in [4.69, 9.17) is 9.47 Å². The number of methoxy groups -OCH3 is 1. The third-order valence-corrected chi connectivity index (χ3v) is 4.76. The van der Waals surface area contributed by atoms with Crippen molar-refractivity contribution in [2.75, 3.05) is 24.4 Å². The fraction of sp³-hybridized carbons (Fsp3) is 0.263. The summed E-state index contributed by atoms with van der Waals surface area (Å²) in [6.07, 6.45) is -0.586. The third-order valence-electron chi connectivity index (χ3n) is 4.76. The summed E-state index contributed by atoms with van der Waals surface area (Å²) in [6.45, 7) is 2.32. The Labute approximate surface area is 161 Å². The number of carbonyl (C=O) groups excluding carboxylic acids is 1. The van der Waals surface area contributed by atoms with Crippen LogP contribution in [0.2, 0.25) is 0 Å². The van der Waals surface area contributed by atoms with Gasteiger partial charge in [-0.3, -0.25) is 10.1 Å². The molecular formula is C19H20N6O3. The van der Waals surface area contributed by atoms with Gasteiger partial charge in [0.15, 0.2) is 5.54 Å². The molecule has 3 N–H and O–H groups in total. The smallest absolute Gasteiger partial charge is 0.269 e. The molecule has 4 rings (SSSR count). The zero-order valence-electron chi connectivity index (χ0n) is 15.5. The molecule has 0 fully saturated rings. The number of carbonyl (C=O) groups is 1. The molecule has 1 aromatic heterocycles. The molecule has 0 saturated carbocycles. The first-order valence-electron chi connectivity index (χ1n) is 8.87. The number of ether oxygens (including phenoxy) is 2. The fourth-order valence-corrected chi connectivity index (χ4v) is 3.54. The number of H-pyrrole nitrogens is 1. The fourth-order valence-electron chi connectivity index (χ4n) is 3.54. The van der Waals surface area contributed by atoms with Crippen LogP contribution in [0.15, 0.2) is 48.5 Å². The van der Waals surface area contributed by atoms with Crippen molar-refractivity contribution in [2.45, 2.75) is 18.6 Å². The lowest BCUT2D eigenvalue weighted by Gasteiger charge is -2.34. The lowest BCUT2D eigenvalue weighted by Crippen LogP contribution is -2.49. The van der Waals surface area contributed by atoms with Crippen molar-refractivity contribution in [1.82, 2.24) is 20.6 Å². The molecule has 1 aliphatic heterocycles. The van der Waals surface area contributed by atoms with Crippen LogP contribution in [-0.2, 0) is 15.1 Å². The first-order chi connectivity index (χ1) is 13.7. The van der Waals surface area contributed by atoms with Gasteiger partial charge >= 0.3 is 0 Å². The third kappa shape index (κ3) is 2.85. The molecule has 9 heteroatoms. The molecule has 3 aromatic rings. The monoisotopic (exact) mass is 380 g/mol. The summed E-state index contributed by atoms with van der Waals surface area (Å²) in [5.74, 6) is 0.423. The van der Waals surface area contributed by atoms with E-state index in [1.165, 1.54) is 0 Å². The Kier molecular flexibility index (Phi) is 4.66. The SMILES string of the molecule is CCOC1c2cc(OC)ccc2NC1(C(=O)Nc1nn[nH]n1)c1ccccc1. The standard InChI is InChI=1S/C19H20N6O3/c1-3-28-16-14-11-13(27-2)9-10-15(14)21-19(16,12-7-5-4-6-8-12)17(26)20-18-22-24-25-23-18/h4-11,16,21H,3H2,1-2H3,(H2,20,22,23,24,25,26). The van der Waals surface area contributed by atoms with Gasteiger partial charge in [0.05, 0.1) is 7.11 Å². The summed E-state index contributed by atoms with van der Waals surface area (Å²) in [5, 5.41) is 19.6. The van der Waals surface area contributed by atoms with Crippen LogP contribution in [-0.4, -0.2) is 40.2 Å². The van der Waals surface area contributed by atoms with Gasteiger partial charge in [0, 0.05) is 17.9 Å². The van der Waals surface area contributed by atoms with Crippen LogP contribution in [0.5, 0.6) is 5.75 Å². The zero-order chi connectivity index (χ0) is 19.6. The topological polar surface area (TPSA) is 114 Å². The Morgan fingerprint density at radius 3 is 2.75 bits per heavy atom. The molecule has 2 heterocycles. The zero-order valence-corrected chi connectivity index (χ0v) is 15.5. The number of nitrogens with one attached hydrogen (secondary N) is 3. The van der Waals surface area contributed by atoms with Crippen LogP contribution in [0, 0.1) is 0 Å². The van der Waals surface area contributed by atoms with Crippen LogP contribution in [0.25, 0.3) is 0 Å². The molecule has 0 radical (unpaired) electrons. The molecule has 2 aromatic carbocycles. The minimum atomic E-state index is -1.22. The second-order valence-electron chi connectivity index (χ2n) is 6.28. The van der Waals surface area contributed by atoms with E-state index >= 15 is 0 Å². The van der Waals surface area contributed by atoms with Gasteiger partial charge in [-0.1, -0.05) is 35.4 Å². The number of hydrogen-bond donors (Lipinski definition) is 3. The number of rotatable bonds is 6. The second-order valence-corrected chi connectivity index (χ2v) is 6.28. The number of amides is 1. The number of anilines is 2. The van der Waals surface area contributed by atoms with Crippen LogP contribution in [0.3, 0.4) is 0 Å². The second kappa shape index (κ2) is 7.28.